The molecule has 0 aliphatic heterocycles. The molecule has 0 saturated carbocycles. The predicted octanol–water partition coefficient (Wildman–Crippen LogP) is 5.02. The zero-order valence-corrected chi connectivity index (χ0v) is 17.8. The van der Waals surface area contributed by atoms with Gasteiger partial charge in [0.2, 0.25) is 5.91 Å². The van der Waals surface area contributed by atoms with Crippen molar-refractivity contribution >= 4 is 28.7 Å². The molecule has 1 atom stereocenters. The van der Waals surface area contributed by atoms with Crippen LogP contribution in [0.2, 0.25) is 0 Å². The second-order valence-corrected chi connectivity index (χ2v) is 8.66. The third-order valence-electron chi connectivity index (χ3n) is 5.08. The highest BCUT2D eigenvalue weighted by Gasteiger charge is 2.13. The van der Waals surface area contributed by atoms with E-state index >= 15 is 0 Å². The van der Waals surface area contributed by atoms with Crippen LogP contribution >= 0.6 is 11.8 Å². The second-order valence-electron chi connectivity index (χ2n) is 7.33. The van der Waals surface area contributed by atoms with Gasteiger partial charge >= 0.3 is 0 Å². The normalized spacial score (nSPS) is 12.0. The number of fused-ring (bicyclic) bond motifs is 1. The van der Waals surface area contributed by atoms with E-state index in [0.29, 0.717) is 6.54 Å². The van der Waals surface area contributed by atoms with Crippen LogP contribution in [-0.4, -0.2) is 20.7 Å². The quantitative estimate of drug-likeness (QED) is 0.439. The van der Waals surface area contributed by atoms with Crippen molar-refractivity contribution in [3.8, 4) is 0 Å². The molecule has 4 aromatic rings. The van der Waals surface area contributed by atoms with Crippen molar-refractivity contribution in [2.45, 2.75) is 31.0 Å². The van der Waals surface area contributed by atoms with E-state index in [1.807, 2.05) is 49.6 Å². The lowest BCUT2D eigenvalue weighted by Crippen LogP contribution is -2.30. The number of hydrogen-bond donors (Lipinski definition) is 1. The average molecular weight is 416 g/mol. The maximum atomic E-state index is 12.4. The van der Waals surface area contributed by atoms with E-state index in [2.05, 4.69) is 57.3 Å². The number of aromatic nitrogens is 2. The summed E-state index contributed by atoms with van der Waals surface area (Å²) in [6.45, 7) is 3.28. The maximum absolute atomic E-state index is 12.4. The number of para-hydroxylation sites is 2. The number of carbonyl (C=O) groups is 1. The Labute approximate surface area is 181 Å². The second kappa shape index (κ2) is 9.63. The van der Waals surface area contributed by atoms with Crippen LogP contribution < -0.4 is 5.32 Å². The van der Waals surface area contributed by atoms with Crippen LogP contribution in [-0.2, 0) is 23.6 Å². The fourth-order valence-electron chi connectivity index (χ4n) is 3.30. The van der Waals surface area contributed by atoms with Crippen LogP contribution in [0, 0.1) is 0 Å². The van der Waals surface area contributed by atoms with E-state index in [9.17, 15) is 4.79 Å². The van der Waals surface area contributed by atoms with E-state index in [4.69, 9.17) is 0 Å². The summed E-state index contributed by atoms with van der Waals surface area (Å²) in [6, 6.07) is 26.8. The SMILES string of the molecule is CC(SCc1ccccc1)C(=O)NCc1ccc(Cn2cnc3ccccc32)cc1. The highest BCUT2D eigenvalue weighted by atomic mass is 32.2. The Bertz CT molecular complexity index is 1110. The van der Waals surface area contributed by atoms with Crippen LogP contribution in [0.5, 0.6) is 0 Å². The first-order valence-corrected chi connectivity index (χ1v) is 11.1. The molecule has 0 saturated heterocycles. The van der Waals surface area contributed by atoms with Gasteiger partial charge in [-0.05, 0) is 35.7 Å². The molecule has 0 bridgehead atoms. The minimum absolute atomic E-state index is 0.0740. The van der Waals surface area contributed by atoms with Gasteiger partial charge in [-0.1, -0.05) is 66.7 Å². The number of nitrogens with one attached hydrogen (secondary N) is 1. The van der Waals surface area contributed by atoms with Gasteiger partial charge in [-0.25, -0.2) is 4.98 Å². The highest BCUT2D eigenvalue weighted by Crippen LogP contribution is 2.18. The van der Waals surface area contributed by atoms with Gasteiger partial charge in [-0.15, -0.1) is 11.8 Å². The molecule has 3 aromatic carbocycles. The molecular formula is C25H25N3OS. The Balaban J connectivity index is 1.27. The van der Waals surface area contributed by atoms with Crippen molar-refractivity contribution < 1.29 is 4.79 Å². The fraction of sp³-hybridized carbons (Fsp3) is 0.200. The van der Waals surface area contributed by atoms with Crippen molar-refractivity contribution in [1.29, 1.82) is 0 Å². The molecular weight excluding hydrogens is 390 g/mol. The number of amides is 1. The molecule has 30 heavy (non-hydrogen) atoms. The van der Waals surface area contributed by atoms with Crippen molar-refractivity contribution in [3.05, 3.63) is 102 Å². The standard InChI is InChI=1S/C25H25N3OS/c1-19(30-17-22-7-3-2-4-8-22)25(29)26-15-20-11-13-21(14-12-20)16-28-18-27-23-9-5-6-10-24(23)28/h2-14,18-19H,15-17H2,1H3,(H,26,29). The van der Waals surface area contributed by atoms with Gasteiger partial charge in [0.25, 0.3) is 0 Å². The average Bonchev–Trinajstić information content (AvgIpc) is 3.20. The molecule has 1 N–H and O–H groups in total. The number of rotatable bonds is 8. The summed E-state index contributed by atoms with van der Waals surface area (Å²) in [6.07, 6.45) is 1.88. The van der Waals surface area contributed by atoms with Crippen LogP contribution in [0.4, 0.5) is 0 Å². The van der Waals surface area contributed by atoms with Crippen molar-refractivity contribution in [1.82, 2.24) is 14.9 Å². The van der Waals surface area contributed by atoms with Crippen molar-refractivity contribution in [2.24, 2.45) is 0 Å². The van der Waals surface area contributed by atoms with Gasteiger partial charge in [-0.2, -0.15) is 0 Å². The van der Waals surface area contributed by atoms with Crippen LogP contribution in [0.3, 0.4) is 0 Å². The minimum Gasteiger partial charge on any atom is -0.351 e. The first kappa shape index (κ1) is 20.2. The first-order chi connectivity index (χ1) is 14.7. The predicted molar refractivity (Wildman–Crippen MR) is 124 cm³/mol. The molecule has 5 heteroatoms. The number of benzene rings is 3. The molecule has 1 aromatic heterocycles. The molecule has 152 valence electrons. The Morgan fingerprint density at radius 3 is 2.43 bits per heavy atom. The van der Waals surface area contributed by atoms with E-state index in [1.54, 1.807) is 11.8 Å². The molecule has 1 amide bonds. The fourth-order valence-corrected chi connectivity index (χ4v) is 4.17. The van der Waals surface area contributed by atoms with E-state index in [1.165, 1.54) is 11.1 Å². The number of imidazole rings is 1. The summed E-state index contributed by atoms with van der Waals surface area (Å²) >= 11 is 1.66. The zero-order chi connectivity index (χ0) is 20.8. The van der Waals surface area contributed by atoms with Gasteiger partial charge < -0.3 is 9.88 Å². The number of hydrogen-bond acceptors (Lipinski definition) is 3. The van der Waals surface area contributed by atoms with Crippen LogP contribution in [0.1, 0.15) is 23.6 Å². The Morgan fingerprint density at radius 1 is 0.933 bits per heavy atom. The lowest BCUT2D eigenvalue weighted by Gasteiger charge is -2.12. The lowest BCUT2D eigenvalue weighted by atomic mass is 10.1. The largest absolute Gasteiger partial charge is 0.351 e. The summed E-state index contributed by atoms with van der Waals surface area (Å²) in [7, 11) is 0. The van der Waals surface area contributed by atoms with Gasteiger partial charge in [0.15, 0.2) is 0 Å². The summed E-state index contributed by atoms with van der Waals surface area (Å²) in [4.78, 5) is 16.8. The molecule has 0 fully saturated rings. The van der Waals surface area contributed by atoms with Gasteiger partial charge in [0, 0.05) is 18.8 Å². The Morgan fingerprint density at radius 2 is 1.63 bits per heavy atom. The molecule has 1 unspecified atom stereocenters. The van der Waals surface area contributed by atoms with E-state index in [-0.39, 0.29) is 11.2 Å². The smallest absolute Gasteiger partial charge is 0.233 e. The first-order valence-electron chi connectivity index (χ1n) is 10.1. The van der Waals surface area contributed by atoms with Gasteiger partial charge in [0.05, 0.1) is 22.6 Å². The molecule has 0 radical (unpaired) electrons. The summed E-state index contributed by atoms with van der Waals surface area (Å²) in [5.41, 5.74) is 5.69. The van der Waals surface area contributed by atoms with E-state index in [0.717, 1.165) is 28.9 Å². The monoisotopic (exact) mass is 415 g/mol. The topological polar surface area (TPSA) is 46.9 Å². The third kappa shape index (κ3) is 5.10. The zero-order valence-electron chi connectivity index (χ0n) is 17.0. The minimum atomic E-state index is -0.0843. The Kier molecular flexibility index (Phi) is 6.50. The molecule has 0 spiro atoms. The molecule has 0 aliphatic carbocycles. The van der Waals surface area contributed by atoms with Crippen molar-refractivity contribution in [3.63, 3.8) is 0 Å². The number of nitrogens with zero attached hydrogens (tertiary/aromatic N) is 2. The maximum Gasteiger partial charge on any atom is 0.233 e. The lowest BCUT2D eigenvalue weighted by molar-refractivity contribution is -0.120. The van der Waals surface area contributed by atoms with Gasteiger partial charge in [0.1, 0.15) is 0 Å². The summed E-state index contributed by atoms with van der Waals surface area (Å²) in [5.74, 6) is 0.914. The van der Waals surface area contributed by atoms with Crippen molar-refractivity contribution in [2.75, 3.05) is 0 Å². The number of thioether (sulfide) groups is 1. The summed E-state index contributed by atoms with van der Waals surface area (Å²) in [5, 5.41) is 2.96. The Hall–Kier alpha value is -3.05. The molecule has 1 heterocycles. The van der Waals surface area contributed by atoms with E-state index < -0.39 is 0 Å². The number of carbonyl (C=O) groups excluding carboxylic acids is 1. The molecule has 4 rings (SSSR count). The third-order valence-corrected chi connectivity index (χ3v) is 6.30. The highest BCUT2D eigenvalue weighted by molar-refractivity contribution is 7.99. The van der Waals surface area contributed by atoms with Gasteiger partial charge in [-0.3, -0.25) is 4.79 Å². The van der Waals surface area contributed by atoms with Crippen LogP contribution in [0.15, 0.2) is 85.2 Å². The van der Waals surface area contributed by atoms with Crippen LogP contribution in [0.25, 0.3) is 11.0 Å². The molecule has 4 nitrogen and oxygen atoms in total. The summed E-state index contributed by atoms with van der Waals surface area (Å²) < 4.78 is 2.15. The molecule has 0 aliphatic rings.